The first-order chi connectivity index (χ1) is 9.09. The van der Waals surface area contributed by atoms with Gasteiger partial charge in [-0.05, 0) is 31.9 Å². The van der Waals surface area contributed by atoms with E-state index in [1.807, 2.05) is 37.3 Å². The van der Waals surface area contributed by atoms with E-state index in [9.17, 15) is 9.00 Å². The van der Waals surface area contributed by atoms with Crippen LogP contribution in [0, 0.1) is 0 Å². The molecule has 0 aliphatic rings. The second-order valence-corrected chi connectivity index (χ2v) is 6.09. The lowest BCUT2D eigenvalue weighted by Gasteiger charge is -2.05. The SMILES string of the molecule is C=C(C)CCNC(=O)CCCS(=O)c1ccccc1. The number of carbonyl (C=O) groups excluding carboxylic acids is 1. The Kier molecular flexibility index (Phi) is 7.11. The second-order valence-electron chi connectivity index (χ2n) is 4.52. The highest BCUT2D eigenvalue weighted by atomic mass is 32.2. The third kappa shape index (κ3) is 6.91. The van der Waals surface area contributed by atoms with Gasteiger partial charge in [0.25, 0.3) is 0 Å². The summed E-state index contributed by atoms with van der Waals surface area (Å²) in [5, 5.41) is 2.83. The van der Waals surface area contributed by atoms with Gasteiger partial charge >= 0.3 is 0 Å². The summed E-state index contributed by atoms with van der Waals surface area (Å²) >= 11 is 0. The summed E-state index contributed by atoms with van der Waals surface area (Å²) in [5.41, 5.74) is 1.06. The van der Waals surface area contributed by atoms with Gasteiger partial charge in [-0.3, -0.25) is 9.00 Å². The van der Waals surface area contributed by atoms with Crippen molar-refractivity contribution >= 4 is 16.7 Å². The maximum Gasteiger partial charge on any atom is 0.220 e. The van der Waals surface area contributed by atoms with Gasteiger partial charge in [0.2, 0.25) is 5.91 Å². The van der Waals surface area contributed by atoms with Gasteiger partial charge in [-0.15, -0.1) is 6.58 Å². The zero-order chi connectivity index (χ0) is 14.1. The number of carbonyl (C=O) groups is 1. The molecule has 1 aromatic carbocycles. The molecule has 0 saturated heterocycles. The molecule has 0 aliphatic carbocycles. The lowest BCUT2D eigenvalue weighted by atomic mass is 10.2. The average Bonchev–Trinajstić information content (AvgIpc) is 2.39. The predicted octanol–water partition coefficient (Wildman–Crippen LogP) is 2.66. The Morgan fingerprint density at radius 3 is 2.58 bits per heavy atom. The van der Waals surface area contributed by atoms with Crippen molar-refractivity contribution in [1.29, 1.82) is 0 Å². The van der Waals surface area contributed by atoms with Crippen LogP contribution >= 0.6 is 0 Å². The topological polar surface area (TPSA) is 46.2 Å². The Morgan fingerprint density at radius 1 is 1.26 bits per heavy atom. The molecule has 0 aromatic heterocycles. The molecule has 104 valence electrons. The molecule has 1 unspecified atom stereocenters. The van der Waals surface area contributed by atoms with E-state index >= 15 is 0 Å². The molecular weight excluding hydrogens is 258 g/mol. The monoisotopic (exact) mass is 279 g/mol. The predicted molar refractivity (Wildman–Crippen MR) is 79.4 cm³/mol. The Hall–Kier alpha value is -1.42. The fourth-order valence-corrected chi connectivity index (χ4v) is 2.66. The lowest BCUT2D eigenvalue weighted by molar-refractivity contribution is -0.121. The highest BCUT2D eigenvalue weighted by molar-refractivity contribution is 7.85. The summed E-state index contributed by atoms with van der Waals surface area (Å²) in [4.78, 5) is 12.3. The van der Waals surface area contributed by atoms with Gasteiger partial charge in [-0.2, -0.15) is 0 Å². The minimum atomic E-state index is -1.01. The van der Waals surface area contributed by atoms with Gasteiger partial charge in [0.05, 0.1) is 10.8 Å². The van der Waals surface area contributed by atoms with E-state index in [0.717, 1.165) is 16.9 Å². The molecule has 1 aromatic rings. The summed E-state index contributed by atoms with van der Waals surface area (Å²) in [5.74, 6) is 0.545. The molecule has 1 atom stereocenters. The molecule has 0 spiro atoms. The smallest absolute Gasteiger partial charge is 0.220 e. The van der Waals surface area contributed by atoms with E-state index in [2.05, 4.69) is 11.9 Å². The molecule has 0 aliphatic heterocycles. The molecule has 0 heterocycles. The highest BCUT2D eigenvalue weighted by Crippen LogP contribution is 2.07. The Bertz CT molecular complexity index is 443. The van der Waals surface area contributed by atoms with Crippen LogP contribution in [-0.2, 0) is 15.6 Å². The minimum Gasteiger partial charge on any atom is -0.356 e. The summed E-state index contributed by atoms with van der Waals surface area (Å²) in [6.07, 6.45) is 1.87. The van der Waals surface area contributed by atoms with Crippen LogP contribution in [0.4, 0.5) is 0 Å². The number of hydrogen-bond acceptors (Lipinski definition) is 2. The van der Waals surface area contributed by atoms with Crippen LogP contribution < -0.4 is 5.32 Å². The van der Waals surface area contributed by atoms with Crippen molar-refractivity contribution in [3.8, 4) is 0 Å². The van der Waals surface area contributed by atoms with Crippen molar-refractivity contribution in [1.82, 2.24) is 5.32 Å². The molecule has 3 nitrogen and oxygen atoms in total. The van der Waals surface area contributed by atoms with Gasteiger partial charge in [-0.1, -0.05) is 23.8 Å². The van der Waals surface area contributed by atoms with Crippen LogP contribution in [0.3, 0.4) is 0 Å². The number of benzene rings is 1. The molecule has 0 saturated carbocycles. The first-order valence-electron chi connectivity index (χ1n) is 6.44. The first kappa shape index (κ1) is 15.6. The van der Waals surface area contributed by atoms with Crippen molar-refractivity contribution in [3.63, 3.8) is 0 Å². The van der Waals surface area contributed by atoms with Crippen LogP contribution in [0.1, 0.15) is 26.2 Å². The molecule has 1 N–H and O–H groups in total. The van der Waals surface area contributed by atoms with E-state index in [1.54, 1.807) is 0 Å². The summed E-state index contributed by atoms with van der Waals surface area (Å²) in [7, 11) is -1.01. The molecule has 19 heavy (non-hydrogen) atoms. The van der Waals surface area contributed by atoms with E-state index in [4.69, 9.17) is 0 Å². The van der Waals surface area contributed by atoms with E-state index in [-0.39, 0.29) is 5.91 Å². The van der Waals surface area contributed by atoms with E-state index in [0.29, 0.717) is 25.1 Å². The Balaban J connectivity index is 2.18. The quantitative estimate of drug-likeness (QED) is 0.744. The van der Waals surface area contributed by atoms with Gasteiger partial charge in [0, 0.05) is 23.6 Å². The van der Waals surface area contributed by atoms with Gasteiger partial charge in [0.1, 0.15) is 0 Å². The van der Waals surface area contributed by atoms with Gasteiger partial charge in [0.15, 0.2) is 0 Å². The Labute approximate surface area is 117 Å². The zero-order valence-electron chi connectivity index (χ0n) is 11.4. The van der Waals surface area contributed by atoms with Crippen molar-refractivity contribution in [2.24, 2.45) is 0 Å². The molecule has 4 heteroatoms. The zero-order valence-corrected chi connectivity index (χ0v) is 12.2. The van der Waals surface area contributed by atoms with Crippen LogP contribution in [0.15, 0.2) is 47.4 Å². The standard InChI is InChI=1S/C15H21NO2S/c1-13(2)10-11-16-15(17)9-6-12-19(18)14-7-4-3-5-8-14/h3-5,7-8H,1,6,9-12H2,2H3,(H,16,17). The van der Waals surface area contributed by atoms with E-state index < -0.39 is 10.8 Å². The molecule has 0 fully saturated rings. The number of amides is 1. The summed E-state index contributed by atoms with van der Waals surface area (Å²) in [6, 6.07) is 9.34. The third-order valence-electron chi connectivity index (χ3n) is 2.61. The first-order valence-corrected chi connectivity index (χ1v) is 7.76. The number of nitrogens with one attached hydrogen (secondary N) is 1. The molecular formula is C15H21NO2S. The fourth-order valence-electron chi connectivity index (χ4n) is 1.56. The summed E-state index contributed by atoms with van der Waals surface area (Å²) in [6.45, 7) is 6.35. The molecule has 1 rings (SSSR count). The maximum atomic E-state index is 11.9. The fraction of sp³-hybridized carbons (Fsp3) is 0.400. The van der Waals surface area contributed by atoms with Crippen molar-refractivity contribution < 1.29 is 9.00 Å². The molecule has 0 bridgehead atoms. The normalized spacial score (nSPS) is 11.8. The van der Waals surface area contributed by atoms with Crippen LogP contribution in [0.5, 0.6) is 0 Å². The van der Waals surface area contributed by atoms with Gasteiger partial charge < -0.3 is 5.32 Å². The second kappa shape index (κ2) is 8.64. The maximum absolute atomic E-state index is 11.9. The molecule has 0 radical (unpaired) electrons. The third-order valence-corrected chi connectivity index (χ3v) is 4.07. The van der Waals surface area contributed by atoms with Crippen LogP contribution in [0.25, 0.3) is 0 Å². The van der Waals surface area contributed by atoms with Crippen LogP contribution in [0.2, 0.25) is 0 Å². The van der Waals surface area contributed by atoms with E-state index in [1.165, 1.54) is 0 Å². The number of hydrogen-bond donors (Lipinski definition) is 1. The van der Waals surface area contributed by atoms with Crippen molar-refractivity contribution in [3.05, 3.63) is 42.5 Å². The van der Waals surface area contributed by atoms with Crippen molar-refractivity contribution in [2.45, 2.75) is 31.1 Å². The summed E-state index contributed by atoms with van der Waals surface area (Å²) < 4.78 is 11.9. The largest absolute Gasteiger partial charge is 0.356 e. The minimum absolute atomic E-state index is 0.0197. The Morgan fingerprint density at radius 2 is 1.95 bits per heavy atom. The average molecular weight is 279 g/mol. The molecule has 1 amide bonds. The van der Waals surface area contributed by atoms with Gasteiger partial charge in [-0.25, -0.2) is 0 Å². The lowest BCUT2D eigenvalue weighted by Crippen LogP contribution is -2.24. The highest BCUT2D eigenvalue weighted by Gasteiger charge is 2.05. The van der Waals surface area contributed by atoms with Crippen LogP contribution in [-0.4, -0.2) is 22.4 Å². The van der Waals surface area contributed by atoms with Crippen molar-refractivity contribution in [2.75, 3.05) is 12.3 Å². The number of rotatable bonds is 8.